The lowest BCUT2D eigenvalue weighted by Crippen LogP contribution is -2.43. The molecule has 2 aromatic rings. The average molecular weight is 350 g/mol. The van der Waals surface area contributed by atoms with Gasteiger partial charge < -0.3 is 10.2 Å². The predicted octanol–water partition coefficient (Wildman–Crippen LogP) is 3.28. The number of aromatic nitrogens is 3. The molecule has 1 aliphatic heterocycles. The van der Waals surface area contributed by atoms with Crippen molar-refractivity contribution in [2.75, 3.05) is 24.2 Å². The van der Waals surface area contributed by atoms with E-state index >= 15 is 0 Å². The molecule has 23 heavy (non-hydrogen) atoms. The summed E-state index contributed by atoms with van der Waals surface area (Å²) in [6, 6.07) is 2.88. The van der Waals surface area contributed by atoms with Crippen molar-refractivity contribution >= 4 is 28.9 Å². The molecule has 0 bridgehead atoms. The van der Waals surface area contributed by atoms with Crippen molar-refractivity contribution in [1.29, 1.82) is 0 Å². The van der Waals surface area contributed by atoms with E-state index in [1.807, 2.05) is 18.5 Å². The first kappa shape index (κ1) is 16.7. The van der Waals surface area contributed by atoms with Gasteiger partial charge in [-0.2, -0.15) is 0 Å². The lowest BCUT2D eigenvalue weighted by atomic mass is 10.0. The Kier molecular flexibility index (Phi) is 5.50. The van der Waals surface area contributed by atoms with Crippen LogP contribution in [0.2, 0.25) is 0 Å². The molecule has 0 saturated carbocycles. The number of hydrogen-bond acceptors (Lipinski definition) is 7. The average Bonchev–Trinajstić information content (AvgIpc) is 3.02. The number of piperidine rings is 1. The van der Waals surface area contributed by atoms with Gasteiger partial charge >= 0.3 is 0 Å². The topological polar surface area (TPSA) is 53.9 Å². The highest BCUT2D eigenvalue weighted by Gasteiger charge is 2.22. The van der Waals surface area contributed by atoms with Crippen LogP contribution in [0.1, 0.15) is 36.5 Å². The number of anilines is 1. The predicted molar refractivity (Wildman–Crippen MR) is 97.4 cm³/mol. The van der Waals surface area contributed by atoms with Gasteiger partial charge in [0.25, 0.3) is 0 Å². The van der Waals surface area contributed by atoms with Gasteiger partial charge in [-0.3, -0.25) is 0 Å². The van der Waals surface area contributed by atoms with E-state index in [1.54, 1.807) is 23.1 Å². The summed E-state index contributed by atoms with van der Waals surface area (Å²) < 4.78 is 0. The van der Waals surface area contributed by atoms with E-state index in [2.05, 4.69) is 44.4 Å². The second-order valence-electron chi connectivity index (χ2n) is 5.88. The fourth-order valence-corrected chi connectivity index (χ4v) is 4.04. The molecule has 7 heteroatoms. The molecule has 0 spiro atoms. The Labute approximate surface area is 145 Å². The van der Waals surface area contributed by atoms with E-state index in [-0.39, 0.29) is 0 Å². The van der Waals surface area contributed by atoms with Gasteiger partial charge in [0.1, 0.15) is 10.8 Å². The van der Waals surface area contributed by atoms with Gasteiger partial charge in [0.2, 0.25) is 0 Å². The molecule has 5 nitrogen and oxygen atoms in total. The highest BCUT2D eigenvalue weighted by molar-refractivity contribution is 7.98. The molecular weight excluding hydrogens is 326 g/mol. The smallest absolute Gasteiger partial charge is 0.189 e. The molecule has 0 amide bonds. The molecular formula is C16H23N5S2. The zero-order valence-electron chi connectivity index (χ0n) is 13.8. The first-order valence-corrected chi connectivity index (χ1v) is 10.1. The second kappa shape index (κ2) is 7.59. The molecule has 1 unspecified atom stereocenters. The Morgan fingerprint density at radius 1 is 1.35 bits per heavy atom. The maximum absolute atomic E-state index is 4.60. The van der Waals surface area contributed by atoms with E-state index in [4.69, 9.17) is 0 Å². The molecule has 0 aliphatic carbocycles. The van der Waals surface area contributed by atoms with Crippen LogP contribution >= 0.6 is 23.1 Å². The van der Waals surface area contributed by atoms with E-state index in [1.165, 1.54) is 5.01 Å². The summed E-state index contributed by atoms with van der Waals surface area (Å²) >= 11 is 3.33. The van der Waals surface area contributed by atoms with Crippen LogP contribution in [0.3, 0.4) is 0 Å². The monoisotopic (exact) mass is 349 g/mol. The van der Waals surface area contributed by atoms with Crippen molar-refractivity contribution in [1.82, 2.24) is 20.3 Å². The Morgan fingerprint density at radius 2 is 2.13 bits per heavy atom. The SMILES string of the molecule is CSc1nccc(N2CCC(NC(C)c3nc(C)cs3)CC2)n1. The normalized spacial score (nSPS) is 17.4. The largest absolute Gasteiger partial charge is 0.356 e. The Hall–Kier alpha value is -1.18. The molecule has 1 saturated heterocycles. The molecule has 2 aromatic heterocycles. The summed E-state index contributed by atoms with van der Waals surface area (Å²) in [7, 11) is 0. The van der Waals surface area contributed by atoms with Crippen LogP contribution in [0.5, 0.6) is 0 Å². The number of rotatable bonds is 5. The first-order valence-electron chi connectivity index (χ1n) is 7.96. The number of hydrogen-bond donors (Lipinski definition) is 1. The summed E-state index contributed by atoms with van der Waals surface area (Å²) in [4.78, 5) is 15.8. The fraction of sp³-hybridized carbons (Fsp3) is 0.562. The molecule has 124 valence electrons. The Bertz CT molecular complexity index is 637. The minimum Gasteiger partial charge on any atom is -0.356 e. The minimum atomic E-state index is 0.326. The highest BCUT2D eigenvalue weighted by Crippen LogP contribution is 2.23. The molecule has 1 N–H and O–H groups in total. The van der Waals surface area contributed by atoms with Crippen LogP contribution in [0.15, 0.2) is 22.8 Å². The standard InChI is InChI=1S/C16H23N5S2/c1-11-10-23-15(18-11)12(2)19-13-5-8-21(9-6-13)14-4-7-17-16(20-14)22-3/h4,7,10,12-13,19H,5-6,8-9H2,1-3H3. The maximum Gasteiger partial charge on any atom is 0.189 e. The van der Waals surface area contributed by atoms with Crippen molar-refractivity contribution in [2.45, 2.75) is 43.9 Å². The molecule has 1 fully saturated rings. The third-order valence-corrected chi connectivity index (χ3v) is 5.82. The van der Waals surface area contributed by atoms with Crippen LogP contribution < -0.4 is 10.2 Å². The summed E-state index contributed by atoms with van der Waals surface area (Å²) in [5.74, 6) is 1.05. The molecule has 0 radical (unpaired) electrons. The zero-order valence-corrected chi connectivity index (χ0v) is 15.5. The van der Waals surface area contributed by atoms with Gasteiger partial charge in [0, 0.05) is 36.4 Å². The van der Waals surface area contributed by atoms with Crippen molar-refractivity contribution in [3.05, 3.63) is 28.3 Å². The minimum absolute atomic E-state index is 0.326. The lowest BCUT2D eigenvalue weighted by molar-refractivity contribution is 0.379. The number of thiazole rings is 1. The second-order valence-corrected chi connectivity index (χ2v) is 7.54. The summed E-state index contributed by atoms with van der Waals surface area (Å²) in [6.45, 7) is 6.33. The van der Waals surface area contributed by atoms with Crippen LogP contribution in [0.4, 0.5) is 5.82 Å². The van der Waals surface area contributed by atoms with Crippen molar-refractivity contribution in [3.63, 3.8) is 0 Å². The summed E-state index contributed by atoms with van der Waals surface area (Å²) in [5, 5.41) is 7.88. The van der Waals surface area contributed by atoms with E-state index < -0.39 is 0 Å². The van der Waals surface area contributed by atoms with Crippen molar-refractivity contribution < 1.29 is 0 Å². The van der Waals surface area contributed by atoms with Gasteiger partial charge in [-0.05, 0) is 39.0 Å². The third-order valence-electron chi connectivity index (χ3n) is 4.11. The maximum atomic E-state index is 4.60. The number of thioether (sulfide) groups is 1. The highest BCUT2D eigenvalue weighted by atomic mass is 32.2. The Balaban J connectivity index is 1.53. The lowest BCUT2D eigenvalue weighted by Gasteiger charge is -2.34. The third kappa shape index (κ3) is 4.22. The van der Waals surface area contributed by atoms with Crippen molar-refractivity contribution in [3.8, 4) is 0 Å². The van der Waals surface area contributed by atoms with Crippen molar-refractivity contribution in [2.24, 2.45) is 0 Å². The van der Waals surface area contributed by atoms with Gasteiger partial charge in [0.05, 0.1) is 6.04 Å². The van der Waals surface area contributed by atoms with Gasteiger partial charge in [-0.1, -0.05) is 11.8 Å². The summed E-state index contributed by atoms with van der Waals surface area (Å²) in [5.41, 5.74) is 1.11. The molecule has 1 atom stereocenters. The molecule has 1 aliphatic rings. The van der Waals surface area contributed by atoms with Gasteiger partial charge in [-0.25, -0.2) is 15.0 Å². The van der Waals surface area contributed by atoms with Crippen LogP contribution in [0, 0.1) is 6.92 Å². The molecule has 3 heterocycles. The number of aryl methyl sites for hydroxylation is 1. The van der Waals surface area contributed by atoms with E-state index in [0.29, 0.717) is 12.1 Å². The number of nitrogens with one attached hydrogen (secondary N) is 1. The van der Waals surface area contributed by atoms with E-state index in [0.717, 1.165) is 42.6 Å². The van der Waals surface area contributed by atoms with Crippen LogP contribution in [-0.4, -0.2) is 40.3 Å². The summed E-state index contributed by atoms with van der Waals surface area (Å²) in [6.07, 6.45) is 6.13. The van der Waals surface area contributed by atoms with Crippen LogP contribution in [-0.2, 0) is 0 Å². The van der Waals surface area contributed by atoms with E-state index in [9.17, 15) is 0 Å². The van der Waals surface area contributed by atoms with Gasteiger partial charge in [-0.15, -0.1) is 11.3 Å². The fourth-order valence-electron chi connectivity index (χ4n) is 2.88. The quantitative estimate of drug-likeness (QED) is 0.660. The molecule has 0 aromatic carbocycles. The Morgan fingerprint density at radius 3 is 2.78 bits per heavy atom. The van der Waals surface area contributed by atoms with Gasteiger partial charge in [0.15, 0.2) is 5.16 Å². The van der Waals surface area contributed by atoms with Crippen LogP contribution in [0.25, 0.3) is 0 Å². The molecule has 3 rings (SSSR count). The number of nitrogens with zero attached hydrogens (tertiary/aromatic N) is 4. The first-order chi connectivity index (χ1) is 11.2. The zero-order chi connectivity index (χ0) is 16.2.